The molecule has 6 heteroatoms. The smallest absolute Gasteiger partial charge is 0.416 e. The molecule has 0 saturated carbocycles. The van der Waals surface area contributed by atoms with Crippen molar-refractivity contribution in [2.75, 3.05) is 7.05 Å². The average molecular weight is 333 g/mol. The monoisotopic (exact) mass is 333 g/mol. The first-order valence-electron chi connectivity index (χ1n) is 7.25. The van der Waals surface area contributed by atoms with Gasteiger partial charge in [-0.25, -0.2) is 0 Å². The van der Waals surface area contributed by atoms with Crippen LogP contribution in [-0.2, 0) is 12.7 Å². The number of para-hydroxylation sites is 1. The van der Waals surface area contributed by atoms with E-state index in [1.807, 2.05) is 18.2 Å². The molecule has 0 bridgehead atoms. The number of carbonyl (C=O) groups is 1. The van der Waals surface area contributed by atoms with Crippen molar-refractivity contribution in [3.63, 3.8) is 0 Å². The second-order valence-electron chi connectivity index (χ2n) is 5.50. The number of nitrogens with zero attached hydrogens (tertiary/aromatic N) is 1. The van der Waals surface area contributed by atoms with Crippen LogP contribution in [0, 0.1) is 0 Å². The van der Waals surface area contributed by atoms with Crippen molar-refractivity contribution < 1.29 is 22.4 Å². The molecule has 0 radical (unpaired) electrons. The first-order chi connectivity index (χ1) is 11.3. The molecule has 0 unspecified atom stereocenters. The molecule has 124 valence electrons. The number of rotatable bonds is 3. The zero-order valence-corrected chi connectivity index (χ0v) is 12.8. The van der Waals surface area contributed by atoms with E-state index in [4.69, 9.17) is 4.42 Å². The van der Waals surface area contributed by atoms with Gasteiger partial charge >= 0.3 is 6.18 Å². The molecule has 2 aromatic carbocycles. The van der Waals surface area contributed by atoms with Crippen LogP contribution in [0.2, 0.25) is 0 Å². The zero-order chi connectivity index (χ0) is 17.3. The number of alkyl halides is 3. The zero-order valence-electron chi connectivity index (χ0n) is 12.8. The second kappa shape index (κ2) is 6.03. The van der Waals surface area contributed by atoms with Crippen molar-refractivity contribution in [3.8, 4) is 0 Å². The van der Waals surface area contributed by atoms with Gasteiger partial charge in [0.1, 0.15) is 5.58 Å². The molecule has 0 spiro atoms. The minimum Gasteiger partial charge on any atom is -0.451 e. The van der Waals surface area contributed by atoms with Gasteiger partial charge in [0.05, 0.1) is 5.56 Å². The summed E-state index contributed by atoms with van der Waals surface area (Å²) in [6, 6.07) is 13.7. The highest BCUT2D eigenvalue weighted by Gasteiger charge is 2.30. The van der Waals surface area contributed by atoms with Crippen LogP contribution in [0.25, 0.3) is 11.0 Å². The van der Waals surface area contributed by atoms with Gasteiger partial charge in [-0.3, -0.25) is 4.79 Å². The third kappa shape index (κ3) is 3.27. The Hall–Kier alpha value is -2.76. The van der Waals surface area contributed by atoms with Crippen LogP contribution >= 0.6 is 0 Å². The van der Waals surface area contributed by atoms with Gasteiger partial charge in [0, 0.05) is 19.0 Å². The number of furan rings is 1. The Balaban J connectivity index is 1.74. The van der Waals surface area contributed by atoms with Gasteiger partial charge in [0.15, 0.2) is 5.76 Å². The van der Waals surface area contributed by atoms with Gasteiger partial charge in [0.25, 0.3) is 5.91 Å². The van der Waals surface area contributed by atoms with E-state index in [-0.39, 0.29) is 18.2 Å². The Labute approximate surface area is 136 Å². The number of benzene rings is 2. The highest BCUT2D eigenvalue weighted by Crippen LogP contribution is 2.29. The summed E-state index contributed by atoms with van der Waals surface area (Å²) >= 11 is 0. The van der Waals surface area contributed by atoms with E-state index < -0.39 is 11.7 Å². The maximum atomic E-state index is 12.6. The van der Waals surface area contributed by atoms with Crippen LogP contribution < -0.4 is 0 Å². The van der Waals surface area contributed by atoms with E-state index in [1.165, 1.54) is 17.0 Å². The van der Waals surface area contributed by atoms with Gasteiger partial charge in [-0.2, -0.15) is 13.2 Å². The molecule has 0 fully saturated rings. The normalized spacial score (nSPS) is 11.7. The van der Waals surface area contributed by atoms with Crippen LogP contribution in [0.5, 0.6) is 0 Å². The van der Waals surface area contributed by atoms with Crippen molar-refractivity contribution in [3.05, 3.63) is 71.5 Å². The molecule has 1 heterocycles. The summed E-state index contributed by atoms with van der Waals surface area (Å²) in [4.78, 5) is 13.8. The molecule has 1 amide bonds. The van der Waals surface area contributed by atoms with E-state index in [9.17, 15) is 18.0 Å². The molecular weight excluding hydrogens is 319 g/mol. The Morgan fingerprint density at radius 3 is 2.38 bits per heavy atom. The maximum Gasteiger partial charge on any atom is 0.416 e. The Morgan fingerprint density at radius 1 is 1.08 bits per heavy atom. The number of carbonyl (C=O) groups excluding carboxylic acids is 1. The average Bonchev–Trinajstić information content (AvgIpc) is 2.97. The predicted molar refractivity (Wildman–Crippen MR) is 83.5 cm³/mol. The van der Waals surface area contributed by atoms with Crippen LogP contribution in [0.4, 0.5) is 13.2 Å². The molecule has 24 heavy (non-hydrogen) atoms. The summed E-state index contributed by atoms with van der Waals surface area (Å²) in [6.45, 7) is 0.189. The number of amides is 1. The topological polar surface area (TPSA) is 33.5 Å². The van der Waals surface area contributed by atoms with Crippen LogP contribution in [0.15, 0.2) is 59.0 Å². The second-order valence-corrected chi connectivity index (χ2v) is 5.50. The first-order valence-corrected chi connectivity index (χ1v) is 7.25. The van der Waals surface area contributed by atoms with E-state index in [0.717, 1.165) is 17.5 Å². The minimum absolute atomic E-state index is 0.189. The molecule has 1 aromatic heterocycles. The van der Waals surface area contributed by atoms with Crippen LogP contribution in [0.1, 0.15) is 21.7 Å². The summed E-state index contributed by atoms with van der Waals surface area (Å²) in [6.07, 6.45) is -4.37. The van der Waals surface area contributed by atoms with Crippen molar-refractivity contribution >= 4 is 16.9 Å². The lowest BCUT2D eigenvalue weighted by molar-refractivity contribution is -0.137. The van der Waals surface area contributed by atoms with Gasteiger partial charge in [-0.15, -0.1) is 0 Å². The molecule has 0 aliphatic carbocycles. The highest BCUT2D eigenvalue weighted by atomic mass is 19.4. The molecule has 0 aliphatic rings. The minimum atomic E-state index is -4.37. The standard InChI is InChI=1S/C18H14F3NO2/c1-22(11-12-6-8-14(9-7-12)18(19,20)21)17(23)16-10-13-4-2-3-5-15(13)24-16/h2-10H,11H2,1H3. The SMILES string of the molecule is CN(Cc1ccc(C(F)(F)F)cc1)C(=O)c1cc2ccccc2o1. The highest BCUT2D eigenvalue weighted by molar-refractivity contribution is 5.95. The molecule has 3 nitrogen and oxygen atoms in total. The quantitative estimate of drug-likeness (QED) is 0.695. The van der Waals surface area contributed by atoms with E-state index in [2.05, 4.69) is 0 Å². The lowest BCUT2D eigenvalue weighted by Crippen LogP contribution is -2.25. The Kier molecular flexibility index (Phi) is 4.05. The number of fused-ring (bicyclic) bond motifs is 1. The van der Waals surface area contributed by atoms with Gasteiger partial charge in [-0.1, -0.05) is 30.3 Å². The van der Waals surface area contributed by atoms with Crippen LogP contribution in [-0.4, -0.2) is 17.9 Å². The number of hydrogen-bond donors (Lipinski definition) is 0. The van der Waals surface area contributed by atoms with E-state index in [1.54, 1.807) is 19.2 Å². The van der Waals surface area contributed by atoms with Crippen molar-refractivity contribution in [2.45, 2.75) is 12.7 Å². The summed E-state index contributed by atoms with van der Waals surface area (Å²) in [7, 11) is 1.58. The summed E-state index contributed by atoms with van der Waals surface area (Å²) in [5.41, 5.74) is 0.510. The molecule has 3 rings (SSSR count). The fourth-order valence-corrected chi connectivity index (χ4v) is 2.42. The molecule has 0 aliphatic heterocycles. The molecule has 0 atom stereocenters. The van der Waals surface area contributed by atoms with Crippen molar-refractivity contribution in [1.82, 2.24) is 4.90 Å². The van der Waals surface area contributed by atoms with E-state index >= 15 is 0 Å². The Morgan fingerprint density at radius 2 is 1.75 bits per heavy atom. The van der Waals surface area contributed by atoms with Crippen LogP contribution in [0.3, 0.4) is 0 Å². The van der Waals surface area contributed by atoms with Crippen molar-refractivity contribution in [1.29, 1.82) is 0 Å². The predicted octanol–water partition coefficient (Wildman–Crippen LogP) is 4.72. The van der Waals surface area contributed by atoms with Gasteiger partial charge < -0.3 is 9.32 Å². The fourth-order valence-electron chi connectivity index (χ4n) is 2.42. The third-order valence-corrected chi connectivity index (χ3v) is 3.68. The third-order valence-electron chi connectivity index (χ3n) is 3.68. The molecule has 0 saturated heterocycles. The summed E-state index contributed by atoms with van der Waals surface area (Å²) in [5.74, 6) is -0.128. The largest absolute Gasteiger partial charge is 0.451 e. The number of hydrogen-bond acceptors (Lipinski definition) is 2. The summed E-state index contributed by atoms with van der Waals surface area (Å²) < 4.78 is 43.2. The van der Waals surface area contributed by atoms with E-state index in [0.29, 0.717) is 11.1 Å². The fraction of sp³-hybridized carbons (Fsp3) is 0.167. The molecule has 3 aromatic rings. The molecule has 0 N–H and O–H groups in total. The molecular formula is C18H14F3NO2. The van der Waals surface area contributed by atoms with Crippen molar-refractivity contribution in [2.24, 2.45) is 0 Å². The summed E-state index contributed by atoms with van der Waals surface area (Å²) in [5, 5.41) is 0.823. The first kappa shape index (κ1) is 16.1. The number of halogens is 3. The maximum absolute atomic E-state index is 12.6. The van der Waals surface area contributed by atoms with Gasteiger partial charge in [0.2, 0.25) is 0 Å². The lowest BCUT2D eigenvalue weighted by atomic mass is 10.1. The lowest BCUT2D eigenvalue weighted by Gasteiger charge is -2.16. The van der Waals surface area contributed by atoms with Gasteiger partial charge in [-0.05, 0) is 29.8 Å². The Bertz CT molecular complexity index is 833.